The topological polar surface area (TPSA) is 170 Å². The molecular formula is C25H23N4O8S2+. The van der Waals surface area contributed by atoms with Crippen LogP contribution in [0.4, 0.5) is 5.69 Å². The lowest BCUT2D eigenvalue weighted by molar-refractivity contribution is -0.427. The number of aromatic amines is 1. The Morgan fingerprint density at radius 3 is 1.90 bits per heavy atom. The van der Waals surface area contributed by atoms with Crippen molar-refractivity contribution in [2.24, 2.45) is 0 Å². The minimum atomic E-state index is -4.35. The molecule has 202 valence electrons. The van der Waals surface area contributed by atoms with Gasteiger partial charge in [-0.25, -0.2) is 14.1 Å². The number of hydrogen-bond donors (Lipinski definition) is 3. The highest BCUT2D eigenvalue weighted by molar-refractivity contribution is 7.86. The molecule has 0 spiro atoms. The molecule has 2 aromatic carbocycles. The van der Waals surface area contributed by atoms with Gasteiger partial charge < -0.3 is 0 Å². The van der Waals surface area contributed by atoms with Crippen molar-refractivity contribution in [2.45, 2.75) is 16.7 Å². The van der Waals surface area contributed by atoms with Crippen LogP contribution in [0.3, 0.4) is 0 Å². The summed E-state index contributed by atoms with van der Waals surface area (Å²) in [6, 6.07) is 10.4. The molecule has 14 heteroatoms. The molecule has 0 fully saturated rings. The molecule has 0 bridgehead atoms. The van der Waals surface area contributed by atoms with Crippen LogP contribution in [0.1, 0.15) is 11.3 Å². The highest BCUT2D eigenvalue weighted by Gasteiger charge is 2.35. The van der Waals surface area contributed by atoms with E-state index in [9.17, 15) is 26.4 Å². The van der Waals surface area contributed by atoms with Crippen molar-refractivity contribution in [1.82, 2.24) is 9.78 Å². The molecule has 39 heavy (non-hydrogen) atoms. The normalized spacial score (nSPS) is 15.7. The molecule has 3 N–H and O–H groups in total. The van der Waals surface area contributed by atoms with Crippen molar-refractivity contribution >= 4 is 44.2 Å². The third-order valence-corrected chi connectivity index (χ3v) is 7.50. The highest BCUT2D eigenvalue weighted by atomic mass is 32.2. The van der Waals surface area contributed by atoms with Crippen molar-refractivity contribution in [3.05, 3.63) is 100 Å². The summed E-state index contributed by atoms with van der Waals surface area (Å²) < 4.78 is 66.0. The van der Waals surface area contributed by atoms with Crippen LogP contribution in [0, 0.1) is 6.92 Å². The van der Waals surface area contributed by atoms with Gasteiger partial charge >= 0.3 is 5.91 Å². The number of nitrogens with zero attached hydrogens (tertiary/aromatic N) is 3. The van der Waals surface area contributed by atoms with Gasteiger partial charge in [-0.15, -0.1) is 0 Å². The van der Waals surface area contributed by atoms with Crippen LogP contribution in [-0.4, -0.2) is 59.6 Å². The molecule has 0 saturated carbocycles. The average Bonchev–Trinajstić information content (AvgIpc) is 3.32. The molecule has 0 atom stereocenters. The van der Waals surface area contributed by atoms with E-state index in [0.29, 0.717) is 28.3 Å². The second kappa shape index (κ2) is 10.4. The van der Waals surface area contributed by atoms with E-state index in [1.165, 1.54) is 64.5 Å². The van der Waals surface area contributed by atoms with Crippen LogP contribution < -0.4 is 10.5 Å². The number of hydrogen-bond acceptors (Lipinski definition) is 6. The second-order valence-electron chi connectivity index (χ2n) is 8.43. The first-order valence-corrected chi connectivity index (χ1v) is 14.1. The first-order valence-electron chi connectivity index (χ1n) is 11.2. The van der Waals surface area contributed by atoms with Gasteiger partial charge in [0.05, 0.1) is 28.1 Å². The Balaban J connectivity index is 1.48. The summed E-state index contributed by atoms with van der Waals surface area (Å²) in [4.78, 5) is 26.5. The number of benzene rings is 2. The molecule has 3 aromatic rings. The summed E-state index contributed by atoms with van der Waals surface area (Å²) >= 11 is 0. The molecule has 1 amide bonds. The average molecular weight is 572 g/mol. The number of carbonyl (C=O) groups excluding carboxylic acids is 1. The molecular weight excluding hydrogens is 548 g/mol. The van der Waals surface area contributed by atoms with Crippen molar-refractivity contribution in [3.8, 4) is 5.69 Å². The summed E-state index contributed by atoms with van der Waals surface area (Å²) in [6.45, 7) is 1.70. The number of H-pyrrole nitrogens is 1. The number of carbonyl (C=O) groups is 1. The summed E-state index contributed by atoms with van der Waals surface area (Å²) in [6.07, 6.45) is 9.57. The number of anilines is 1. The molecule has 0 radical (unpaired) electrons. The first-order chi connectivity index (χ1) is 18.3. The molecule has 0 unspecified atom stereocenters. The quantitative estimate of drug-likeness (QED) is 0.168. The predicted molar refractivity (Wildman–Crippen MR) is 143 cm³/mol. The molecule has 12 nitrogen and oxygen atoms in total. The zero-order chi connectivity index (χ0) is 28.5. The summed E-state index contributed by atoms with van der Waals surface area (Å²) in [5.41, 5.74) is 1.70. The van der Waals surface area contributed by atoms with Crippen LogP contribution in [0.15, 0.2) is 93.1 Å². The fourth-order valence-electron chi connectivity index (χ4n) is 3.78. The number of amides is 1. The Bertz CT molecular complexity index is 1840. The van der Waals surface area contributed by atoms with E-state index >= 15 is 0 Å². The SMILES string of the molecule is Cc1[nH]n(-c2ccc(S(=O)(=O)O)cc2)c(=O)c1/C=C/C=C/C=C1/C(=O)N(c2ccc(S(=O)(=O)O)cc2)C=[N+]1C. The van der Waals surface area contributed by atoms with Gasteiger partial charge in [0.15, 0.2) is 0 Å². The lowest BCUT2D eigenvalue weighted by Crippen LogP contribution is -2.24. The molecule has 0 saturated heterocycles. The molecule has 2 heterocycles. The molecule has 1 aromatic heterocycles. The van der Waals surface area contributed by atoms with E-state index in [-0.39, 0.29) is 21.3 Å². The van der Waals surface area contributed by atoms with Crippen LogP contribution >= 0.6 is 0 Å². The van der Waals surface area contributed by atoms with Gasteiger partial charge in [0.1, 0.15) is 5.69 Å². The predicted octanol–water partition coefficient (Wildman–Crippen LogP) is 2.14. The van der Waals surface area contributed by atoms with E-state index in [4.69, 9.17) is 9.11 Å². The van der Waals surface area contributed by atoms with Gasteiger partial charge in [-0.05, 0) is 67.6 Å². The third-order valence-electron chi connectivity index (χ3n) is 5.77. The van der Waals surface area contributed by atoms with Crippen molar-refractivity contribution in [3.63, 3.8) is 0 Å². The fourth-order valence-corrected chi connectivity index (χ4v) is 4.74. The van der Waals surface area contributed by atoms with E-state index in [2.05, 4.69) is 5.10 Å². The van der Waals surface area contributed by atoms with Gasteiger partial charge in [0.2, 0.25) is 5.70 Å². The molecule has 0 aliphatic carbocycles. The lowest BCUT2D eigenvalue weighted by atomic mass is 10.2. The van der Waals surface area contributed by atoms with Gasteiger partial charge in [0.25, 0.3) is 32.1 Å². The van der Waals surface area contributed by atoms with E-state index in [1.54, 1.807) is 48.9 Å². The Kier molecular flexibility index (Phi) is 7.39. The highest BCUT2D eigenvalue weighted by Crippen LogP contribution is 2.22. The smallest absolute Gasteiger partial charge is 0.295 e. The maximum absolute atomic E-state index is 12.9. The monoisotopic (exact) mass is 571 g/mol. The number of aromatic nitrogens is 2. The van der Waals surface area contributed by atoms with Crippen molar-refractivity contribution < 1.29 is 35.3 Å². The number of allylic oxidation sites excluding steroid dienone is 4. The largest absolute Gasteiger partial charge is 0.385 e. The lowest BCUT2D eigenvalue weighted by Gasteiger charge is -2.04. The van der Waals surface area contributed by atoms with Crippen LogP contribution in [0.5, 0.6) is 0 Å². The summed E-state index contributed by atoms with van der Waals surface area (Å²) in [5, 5.41) is 2.91. The molecule has 4 rings (SSSR count). The minimum Gasteiger partial charge on any atom is -0.295 e. The third kappa shape index (κ3) is 5.88. The van der Waals surface area contributed by atoms with Gasteiger partial charge in [0, 0.05) is 5.69 Å². The van der Waals surface area contributed by atoms with Crippen LogP contribution in [0.25, 0.3) is 11.8 Å². The first kappa shape index (κ1) is 27.7. The summed E-state index contributed by atoms with van der Waals surface area (Å²) in [7, 11) is -7.02. The molecule has 1 aliphatic rings. The zero-order valence-electron chi connectivity index (χ0n) is 20.6. The standard InChI is InChI=1S/C25H22N4O8S2/c1-17-22(24(30)29(26-17)19-10-14-21(15-11-19)39(35,36)37)6-4-3-5-7-23-25(31)28(16-27(23)2)18-8-12-20(13-9-18)38(32,33)34/h3-16H,1-2H3,(H2-,26,30,31,32,33,34,35,36,37)/p+1. The maximum Gasteiger partial charge on any atom is 0.385 e. The van der Waals surface area contributed by atoms with Gasteiger partial charge in [-0.3, -0.25) is 19.0 Å². The Morgan fingerprint density at radius 1 is 0.821 bits per heavy atom. The number of aryl methyl sites for hydroxylation is 1. The summed E-state index contributed by atoms with van der Waals surface area (Å²) in [5.74, 6) is -0.352. The Morgan fingerprint density at radius 2 is 1.36 bits per heavy atom. The number of rotatable bonds is 7. The van der Waals surface area contributed by atoms with E-state index < -0.39 is 20.2 Å². The minimum absolute atomic E-state index is 0.281. The zero-order valence-corrected chi connectivity index (χ0v) is 22.2. The van der Waals surface area contributed by atoms with Crippen molar-refractivity contribution in [2.75, 3.05) is 11.9 Å². The van der Waals surface area contributed by atoms with Crippen LogP contribution in [0.2, 0.25) is 0 Å². The van der Waals surface area contributed by atoms with Gasteiger partial charge in [-0.1, -0.05) is 18.2 Å². The van der Waals surface area contributed by atoms with Crippen LogP contribution in [-0.2, 0) is 25.0 Å². The Hall–Kier alpha value is -4.37. The Labute approximate surface area is 223 Å². The second-order valence-corrected chi connectivity index (χ2v) is 11.3. The maximum atomic E-state index is 12.9. The van der Waals surface area contributed by atoms with E-state index in [0.717, 1.165) is 0 Å². The number of nitrogens with one attached hydrogen (secondary N) is 1. The van der Waals surface area contributed by atoms with E-state index in [1.807, 2.05) is 0 Å². The number of likely N-dealkylation sites (N-methyl/N-ethyl adjacent to an activating group) is 1. The van der Waals surface area contributed by atoms with Crippen molar-refractivity contribution in [1.29, 1.82) is 0 Å². The van der Waals surface area contributed by atoms with Gasteiger partial charge in [-0.2, -0.15) is 21.7 Å². The molecule has 1 aliphatic heterocycles. The fraction of sp³-hybridized carbons (Fsp3) is 0.0800.